The Kier molecular flexibility index (Phi) is 7.64. The number of ether oxygens (including phenoxy) is 1. The monoisotopic (exact) mass is 252 g/mol. The zero-order valence-corrected chi connectivity index (χ0v) is 11.3. The van der Waals surface area contributed by atoms with E-state index < -0.39 is 13.6 Å². The first-order chi connectivity index (χ1) is 7.43. The molecule has 0 bridgehead atoms. The third-order valence-corrected chi connectivity index (χ3v) is 3.50. The molecule has 0 aromatic heterocycles. The van der Waals surface area contributed by atoms with Gasteiger partial charge >= 0.3 is 13.6 Å². The molecule has 0 spiro atoms. The van der Waals surface area contributed by atoms with Gasteiger partial charge in [-0.25, -0.2) is 0 Å². The second-order valence-electron chi connectivity index (χ2n) is 3.68. The first-order valence-electron chi connectivity index (χ1n) is 5.47. The summed E-state index contributed by atoms with van der Waals surface area (Å²) in [6.45, 7) is 8.06. The Bertz CT molecular complexity index is 242. The highest BCUT2D eigenvalue weighted by Gasteiger charge is 2.28. The van der Waals surface area contributed by atoms with Gasteiger partial charge in [0.25, 0.3) is 0 Å². The lowest BCUT2D eigenvalue weighted by Crippen LogP contribution is -2.15. The first kappa shape index (κ1) is 15.6. The molecule has 0 amide bonds. The fraction of sp³-hybridized carbons (Fsp3) is 0.900. The van der Waals surface area contributed by atoms with Gasteiger partial charge in [-0.1, -0.05) is 13.8 Å². The number of esters is 1. The molecule has 0 unspecified atom stereocenters. The summed E-state index contributed by atoms with van der Waals surface area (Å²) >= 11 is 0. The molecule has 0 fully saturated rings. The summed E-state index contributed by atoms with van der Waals surface area (Å²) in [5.74, 6) is -0.290. The van der Waals surface area contributed by atoms with Crippen molar-refractivity contribution in [2.24, 2.45) is 5.92 Å². The van der Waals surface area contributed by atoms with Crippen LogP contribution in [0.25, 0.3) is 0 Å². The van der Waals surface area contributed by atoms with Crippen LogP contribution in [0.5, 0.6) is 0 Å². The summed E-state index contributed by atoms with van der Waals surface area (Å²) in [5.41, 5.74) is 0. The van der Waals surface area contributed by atoms with Crippen LogP contribution in [0.3, 0.4) is 0 Å². The SMILES string of the molecule is CCOP(=O)(CC(=O)OCC(C)C)OCC. The summed E-state index contributed by atoms with van der Waals surface area (Å²) < 4.78 is 26.8. The molecule has 0 atom stereocenters. The van der Waals surface area contributed by atoms with Crippen molar-refractivity contribution in [3.8, 4) is 0 Å². The van der Waals surface area contributed by atoms with Crippen molar-refractivity contribution in [1.29, 1.82) is 0 Å². The van der Waals surface area contributed by atoms with Gasteiger partial charge in [0.2, 0.25) is 0 Å². The van der Waals surface area contributed by atoms with Gasteiger partial charge in [0.15, 0.2) is 0 Å². The van der Waals surface area contributed by atoms with E-state index in [9.17, 15) is 9.36 Å². The average molecular weight is 252 g/mol. The third kappa shape index (κ3) is 6.99. The molecule has 16 heavy (non-hydrogen) atoms. The predicted octanol–water partition coefficient (Wildman–Crippen LogP) is 2.45. The van der Waals surface area contributed by atoms with Crippen LogP contribution >= 0.6 is 7.60 Å². The molecule has 5 nitrogen and oxygen atoms in total. The maximum Gasteiger partial charge on any atom is 0.341 e. The van der Waals surface area contributed by atoms with Gasteiger partial charge in [-0.15, -0.1) is 0 Å². The minimum absolute atomic E-state index is 0.245. The zero-order chi connectivity index (χ0) is 12.6. The average Bonchev–Trinajstić information content (AvgIpc) is 2.15. The predicted molar refractivity (Wildman–Crippen MR) is 61.5 cm³/mol. The second kappa shape index (κ2) is 7.82. The smallest absolute Gasteiger partial charge is 0.341 e. The highest BCUT2D eigenvalue weighted by atomic mass is 31.2. The molecule has 0 rings (SSSR count). The van der Waals surface area contributed by atoms with Gasteiger partial charge in [-0.05, 0) is 19.8 Å². The molecule has 6 heteroatoms. The van der Waals surface area contributed by atoms with Crippen molar-refractivity contribution in [3.63, 3.8) is 0 Å². The molecule has 0 saturated heterocycles. The molecule has 0 aliphatic heterocycles. The Morgan fingerprint density at radius 2 is 1.69 bits per heavy atom. The van der Waals surface area contributed by atoms with Gasteiger partial charge in [0.05, 0.1) is 19.8 Å². The third-order valence-electron chi connectivity index (χ3n) is 1.55. The van der Waals surface area contributed by atoms with Crippen molar-refractivity contribution in [2.75, 3.05) is 26.0 Å². The highest BCUT2D eigenvalue weighted by molar-refractivity contribution is 7.54. The standard InChI is InChI=1S/C10H21O5P/c1-5-14-16(12,15-6-2)8-10(11)13-7-9(3)4/h9H,5-8H2,1-4H3. The minimum Gasteiger partial charge on any atom is -0.465 e. The van der Waals surface area contributed by atoms with Gasteiger partial charge in [0, 0.05) is 0 Å². The maximum absolute atomic E-state index is 11.9. The van der Waals surface area contributed by atoms with E-state index in [4.69, 9.17) is 13.8 Å². The normalized spacial score (nSPS) is 11.8. The number of rotatable bonds is 8. The molecular weight excluding hydrogens is 231 g/mol. The number of hydrogen-bond acceptors (Lipinski definition) is 5. The van der Waals surface area contributed by atoms with Gasteiger partial charge < -0.3 is 13.8 Å². The van der Waals surface area contributed by atoms with Crippen LogP contribution in [0.15, 0.2) is 0 Å². The van der Waals surface area contributed by atoms with Crippen molar-refractivity contribution in [3.05, 3.63) is 0 Å². The molecular formula is C10H21O5P. The number of carbonyl (C=O) groups excluding carboxylic acids is 1. The van der Waals surface area contributed by atoms with Crippen LogP contribution < -0.4 is 0 Å². The van der Waals surface area contributed by atoms with E-state index in [0.717, 1.165) is 0 Å². The summed E-state index contributed by atoms with van der Waals surface area (Å²) in [7, 11) is -3.31. The van der Waals surface area contributed by atoms with Crippen molar-refractivity contribution in [2.45, 2.75) is 27.7 Å². The largest absolute Gasteiger partial charge is 0.465 e. The summed E-state index contributed by atoms with van der Waals surface area (Å²) in [5, 5.41) is 0. The highest BCUT2D eigenvalue weighted by Crippen LogP contribution is 2.47. The van der Waals surface area contributed by atoms with Gasteiger partial charge in [-0.2, -0.15) is 0 Å². The van der Waals surface area contributed by atoms with Crippen LogP contribution in [0, 0.1) is 5.92 Å². The molecule has 0 aromatic carbocycles. The van der Waals surface area contributed by atoms with Crippen LogP contribution in [0.2, 0.25) is 0 Å². The van der Waals surface area contributed by atoms with E-state index in [1.165, 1.54) is 0 Å². The second-order valence-corrected chi connectivity index (χ2v) is 5.74. The Morgan fingerprint density at radius 1 is 1.19 bits per heavy atom. The van der Waals surface area contributed by atoms with E-state index >= 15 is 0 Å². The maximum atomic E-state index is 11.9. The van der Waals surface area contributed by atoms with Crippen LogP contribution in [0.4, 0.5) is 0 Å². The Morgan fingerprint density at radius 3 is 2.06 bits per heavy atom. The van der Waals surface area contributed by atoms with E-state index in [-0.39, 0.29) is 25.3 Å². The molecule has 0 N–H and O–H groups in total. The van der Waals surface area contributed by atoms with Crippen LogP contribution in [-0.4, -0.2) is 32.0 Å². The lowest BCUT2D eigenvalue weighted by molar-refractivity contribution is -0.141. The van der Waals surface area contributed by atoms with Gasteiger partial charge in [0.1, 0.15) is 6.16 Å². The van der Waals surface area contributed by atoms with Crippen molar-refractivity contribution < 1.29 is 23.1 Å². The molecule has 0 heterocycles. The van der Waals surface area contributed by atoms with E-state index in [2.05, 4.69) is 0 Å². The number of hydrogen-bond donors (Lipinski definition) is 0. The topological polar surface area (TPSA) is 61.8 Å². The van der Waals surface area contributed by atoms with Crippen LogP contribution in [0.1, 0.15) is 27.7 Å². The Hall–Kier alpha value is -0.380. The minimum atomic E-state index is -3.31. The molecule has 0 saturated carbocycles. The summed E-state index contributed by atoms with van der Waals surface area (Å²) in [6, 6.07) is 0. The Labute approximate surface area is 97.0 Å². The molecule has 0 aromatic rings. The fourth-order valence-electron chi connectivity index (χ4n) is 0.985. The lowest BCUT2D eigenvalue weighted by atomic mass is 10.2. The van der Waals surface area contributed by atoms with E-state index in [1.54, 1.807) is 13.8 Å². The van der Waals surface area contributed by atoms with Crippen LogP contribution in [-0.2, 0) is 23.1 Å². The molecule has 0 radical (unpaired) electrons. The summed E-state index contributed by atoms with van der Waals surface area (Å²) in [6.07, 6.45) is -0.318. The lowest BCUT2D eigenvalue weighted by Gasteiger charge is -2.16. The fourth-order valence-corrected chi connectivity index (χ4v) is 2.44. The molecule has 0 aliphatic rings. The zero-order valence-electron chi connectivity index (χ0n) is 10.4. The molecule has 96 valence electrons. The summed E-state index contributed by atoms with van der Waals surface area (Å²) in [4.78, 5) is 11.4. The molecule has 0 aliphatic carbocycles. The van der Waals surface area contributed by atoms with E-state index in [1.807, 2.05) is 13.8 Å². The first-order valence-corrected chi connectivity index (χ1v) is 7.20. The number of carbonyl (C=O) groups is 1. The van der Waals surface area contributed by atoms with Crippen molar-refractivity contribution in [1.82, 2.24) is 0 Å². The van der Waals surface area contributed by atoms with E-state index in [0.29, 0.717) is 6.61 Å². The van der Waals surface area contributed by atoms with Gasteiger partial charge in [-0.3, -0.25) is 9.36 Å². The quantitative estimate of drug-likeness (QED) is 0.490. The Balaban J connectivity index is 4.18. The van der Waals surface area contributed by atoms with Crippen molar-refractivity contribution >= 4 is 13.6 Å².